The van der Waals surface area contributed by atoms with Gasteiger partial charge in [-0.25, -0.2) is 4.68 Å². The van der Waals surface area contributed by atoms with Crippen molar-refractivity contribution in [3.8, 4) is 6.07 Å². The molecule has 17 heavy (non-hydrogen) atoms. The molecule has 0 aliphatic rings. The zero-order valence-electron chi connectivity index (χ0n) is 10.9. The van der Waals surface area contributed by atoms with Crippen LogP contribution in [0.4, 0.5) is 11.6 Å². The number of aromatic nitrogens is 2. The van der Waals surface area contributed by atoms with Crippen molar-refractivity contribution in [3.63, 3.8) is 0 Å². The Kier molecular flexibility index (Phi) is 4.35. The normalized spacial score (nSPS) is 10.9. The summed E-state index contributed by atoms with van der Waals surface area (Å²) in [5.41, 5.74) is 6.32. The molecule has 0 saturated heterocycles. The van der Waals surface area contributed by atoms with Crippen LogP contribution in [-0.4, -0.2) is 41.4 Å². The van der Waals surface area contributed by atoms with E-state index < -0.39 is 0 Å². The summed E-state index contributed by atoms with van der Waals surface area (Å²) in [6.07, 6.45) is 0. The molecule has 1 aromatic rings. The molecule has 0 amide bonds. The summed E-state index contributed by atoms with van der Waals surface area (Å²) in [4.78, 5) is 2.04. The molecule has 0 aliphatic carbocycles. The lowest BCUT2D eigenvalue weighted by Crippen LogP contribution is -2.20. The minimum atomic E-state index is 0.221. The summed E-state index contributed by atoms with van der Waals surface area (Å²) in [6.45, 7) is 5.50. The SMILES string of the molecule is CC(C)Nc1nn(CCN(C)C)c(N)c1C#N. The molecule has 3 N–H and O–H groups in total. The van der Waals surface area contributed by atoms with Crippen LogP contribution in [0.2, 0.25) is 0 Å². The van der Waals surface area contributed by atoms with Crippen LogP contribution >= 0.6 is 0 Å². The van der Waals surface area contributed by atoms with Crippen LogP contribution in [0, 0.1) is 11.3 Å². The van der Waals surface area contributed by atoms with Gasteiger partial charge < -0.3 is 16.0 Å². The van der Waals surface area contributed by atoms with Crippen molar-refractivity contribution in [2.45, 2.75) is 26.4 Å². The number of likely N-dealkylation sites (N-methyl/N-ethyl adjacent to an activating group) is 1. The highest BCUT2D eigenvalue weighted by Gasteiger charge is 2.15. The van der Waals surface area contributed by atoms with Gasteiger partial charge in [0.05, 0.1) is 6.54 Å². The number of nitrogens with one attached hydrogen (secondary N) is 1. The summed E-state index contributed by atoms with van der Waals surface area (Å²) in [6, 6.07) is 2.31. The second kappa shape index (κ2) is 5.55. The molecule has 94 valence electrons. The van der Waals surface area contributed by atoms with E-state index in [0.717, 1.165) is 6.54 Å². The number of nitriles is 1. The molecule has 6 nitrogen and oxygen atoms in total. The average molecular weight is 236 g/mol. The quantitative estimate of drug-likeness (QED) is 0.787. The Morgan fingerprint density at radius 3 is 2.65 bits per heavy atom. The van der Waals surface area contributed by atoms with Crippen LogP contribution in [0.3, 0.4) is 0 Å². The fourth-order valence-electron chi connectivity index (χ4n) is 1.42. The number of nitrogens with zero attached hydrogens (tertiary/aromatic N) is 4. The van der Waals surface area contributed by atoms with Crippen molar-refractivity contribution < 1.29 is 0 Å². The molecule has 0 bridgehead atoms. The van der Waals surface area contributed by atoms with Gasteiger partial charge in [-0.2, -0.15) is 10.4 Å². The maximum absolute atomic E-state index is 9.07. The fraction of sp³-hybridized carbons (Fsp3) is 0.636. The highest BCUT2D eigenvalue weighted by atomic mass is 15.4. The van der Waals surface area contributed by atoms with E-state index in [4.69, 9.17) is 11.0 Å². The average Bonchev–Trinajstić information content (AvgIpc) is 2.51. The van der Waals surface area contributed by atoms with Crippen LogP contribution in [0.15, 0.2) is 0 Å². The minimum absolute atomic E-state index is 0.221. The minimum Gasteiger partial charge on any atom is -0.383 e. The molecule has 1 heterocycles. The van der Waals surface area contributed by atoms with Crippen LogP contribution in [0.5, 0.6) is 0 Å². The molecular weight excluding hydrogens is 216 g/mol. The Morgan fingerprint density at radius 1 is 1.53 bits per heavy atom. The second-order valence-electron chi connectivity index (χ2n) is 4.55. The van der Waals surface area contributed by atoms with E-state index in [0.29, 0.717) is 23.7 Å². The molecule has 6 heteroatoms. The first-order valence-electron chi connectivity index (χ1n) is 5.63. The third kappa shape index (κ3) is 3.36. The van der Waals surface area contributed by atoms with Crippen molar-refractivity contribution in [3.05, 3.63) is 5.56 Å². The lowest BCUT2D eigenvalue weighted by Gasteiger charge is -2.10. The first-order valence-corrected chi connectivity index (χ1v) is 5.63. The Morgan fingerprint density at radius 2 is 2.18 bits per heavy atom. The largest absolute Gasteiger partial charge is 0.383 e. The third-order valence-corrected chi connectivity index (χ3v) is 2.29. The van der Waals surface area contributed by atoms with E-state index in [1.807, 2.05) is 32.8 Å². The van der Waals surface area contributed by atoms with E-state index in [-0.39, 0.29) is 6.04 Å². The van der Waals surface area contributed by atoms with E-state index in [1.165, 1.54) is 0 Å². The first-order chi connectivity index (χ1) is 7.95. The van der Waals surface area contributed by atoms with Gasteiger partial charge in [-0.1, -0.05) is 0 Å². The van der Waals surface area contributed by atoms with Crippen LogP contribution in [0.1, 0.15) is 19.4 Å². The van der Waals surface area contributed by atoms with Gasteiger partial charge in [0, 0.05) is 12.6 Å². The summed E-state index contributed by atoms with van der Waals surface area (Å²) < 4.78 is 1.67. The van der Waals surface area contributed by atoms with Gasteiger partial charge in [0.2, 0.25) is 0 Å². The number of anilines is 2. The van der Waals surface area contributed by atoms with E-state index in [2.05, 4.69) is 16.5 Å². The number of hydrogen-bond donors (Lipinski definition) is 2. The number of nitrogens with two attached hydrogens (primary N) is 1. The highest BCUT2D eigenvalue weighted by molar-refractivity contribution is 5.63. The molecule has 1 aromatic heterocycles. The van der Waals surface area contributed by atoms with Gasteiger partial charge in [-0.05, 0) is 27.9 Å². The Hall–Kier alpha value is -1.74. The topological polar surface area (TPSA) is 82.9 Å². The van der Waals surface area contributed by atoms with Crippen LogP contribution < -0.4 is 11.1 Å². The molecule has 0 radical (unpaired) electrons. The highest BCUT2D eigenvalue weighted by Crippen LogP contribution is 2.21. The maximum atomic E-state index is 9.07. The predicted molar refractivity (Wildman–Crippen MR) is 68.7 cm³/mol. The Balaban J connectivity index is 2.93. The van der Waals surface area contributed by atoms with Gasteiger partial charge in [0.15, 0.2) is 5.82 Å². The molecule has 1 rings (SSSR count). The zero-order valence-corrected chi connectivity index (χ0v) is 10.9. The van der Waals surface area contributed by atoms with Crippen molar-refractivity contribution in [1.29, 1.82) is 5.26 Å². The van der Waals surface area contributed by atoms with Crippen molar-refractivity contribution in [2.75, 3.05) is 31.7 Å². The second-order valence-corrected chi connectivity index (χ2v) is 4.55. The first kappa shape index (κ1) is 13.3. The standard InChI is InChI=1S/C11H20N6/c1-8(2)14-11-9(7-12)10(13)17(15-11)6-5-16(3)4/h8H,5-6,13H2,1-4H3,(H,14,15). The van der Waals surface area contributed by atoms with Gasteiger partial charge in [-0.3, -0.25) is 0 Å². The molecule has 0 aromatic carbocycles. The molecule has 0 saturated carbocycles. The van der Waals surface area contributed by atoms with Crippen LogP contribution in [0.25, 0.3) is 0 Å². The number of rotatable bonds is 5. The van der Waals surface area contributed by atoms with Gasteiger partial charge in [-0.15, -0.1) is 0 Å². The monoisotopic (exact) mass is 236 g/mol. The van der Waals surface area contributed by atoms with Crippen molar-refractivity contribution in [1.82, 2.24) is 14.7 Å². The van der Waals surface area contributed by atoms with Gasteiger partial charge in [0.1, 0.15) is 17.5 Å². The molecule has 0 atom stereocenters. The van der Waals surface area contributed by atoms with Crippen LogP contribution in [-0.2, 0) is 6.54 Å². The van der Waals surface area contributed by atoms with Crippen molar-refractivity contribution >= 4 is 11.6 Å². The van der Waals surface area contributed by atoms with E-state index in [1.54, 1.807) is 4.68 Å². The maximum Gasteiger partial charge on any atom is 0.168 e. The lowest BCUT2D eigenvalue weighted by atomic mass is 10.3. The third-order valence-electron chi connectivity index (χ3n) is 2.29. The van der Waals surface area contributed by atoms with Gasteiger partial charge >= 0.3 is 0 Å². The molecule has 0 aliphatic heterocycles. The smallest absolute Gasteiger partial charge is 0.168 e. The van der Waals surface area contributed by atoms with Gasteiger partial charge in [0.25, 0.3) is 0 Å². The molecular formula is C11H20N6. The Bertz CT molecular complexity index is 412. The summed E-state index contributed by atoms with van der Waals surface area (Å²) in [7, 11) is 3.97. The summed E-state index contributed by atoms with van der Waals surface area (Å²) in [5, 5.41) is 16.5. The Labute approximate surface area is 102 Å². The summed E-state index contributed by atoms with van der Waals surface area (Å²) in [5.74, 6) is 0.997. The number of hydrogen-bond acceptors (Lipinski definition) is 5. The number of nitrogen functional groups attached to an aromatic ring is 1. The summed E-state index contributed by atoms with van der Waals surface area (Å²) >= 11 is 0. The lowest BCUT2D eigenvalue weighted by molar-refractivity contribution is 0.375. The molecule has 0 fully saturated rings. The van der Waals surface area contributed by atoms with E-state index in [9.17, 15) is 0 Å². The fourth-order valence-corrected chi connectivity index (χ4v) is 1.42. The molecule has 0 spiro atoms. The predicted octanol–water partition coefficient (Wildman–Crippen LogP) is 0.719. The van der Waals surface area contributed by atoms with Crippen molar-refractivity contribution in [2.24, 2.45) is 0 Å². The zero-order chi connectivity index (χ0) is 13.0. The van der Waals surface area contributed by atoms with E-state index >= 15 is 0 Å². The molecule has 0 unspecified atom stereocenters.